The Bertz CT molecular complexity index is 1440. The molecule has 6 nitrogen and oxygen atoms in total. The lowest BCUT2D eigenvalue weighted by Crippen LogP contribution is -2.47. The number of piperidine rings is 1. The zero-order chi connectivity index (χ0) is 31.2. The largest absolute Gasteiger partial charge is 0.573 e. The number of anilines is 1. The molecule has 5 rings (SSSR count). The third kappa shape index (κ3) is 7.99. The molecule has 12 heteroatoms. The second kappa shape index (κ2) is 14.0. The molecule has 0 bridgehead atoms. The number of alkyl halides is 3. The number of urea groups is 1. The molecule has 1 spiro atoms. The van der Waals surface area contributed by atoms with Crippen LogP contribution in [0, 0.1) is 5.95 Å². The van der Waals surface area contributed by atoms with Crippen molar-refractivity contribution in [1.82, 2.24) is 15.2 Å². The molecule has 3 aromatic rings. The van der Waals surface area contributed by atoms with Crippen LogP contribution in [-0.4, -0.2) is 48.5 Å². The summed E-state index contributed by atoms with van der Waals surface area (Å²) in [5.41, 5.74) is 1.18. The maximum atomic E-state index is 13.5. The van der Waals surface area contributed by atoms with Crippen molar-refractivity contribution >= 4 is 41.0 Å². The predicted octanol–water partition coefficient (Wildman–Crippen LogP) is 8.23. The van der Waals surface area contributed by atoms with E-state index in [0.29, 0.717) is 43.1 Å². The average molecular weight is 640 g/mol. The van der Waals surface area contributed by atoms with Gasteiger partial charge in [0.1, 0.15) is 5.75 Å². The van der Waals surface area contributed by atoms with E-state index in [2.05, 4.69) is 19.9 Å². The van der Waals surface area contributed by atoms with Gasteiger partial charge >= 0.3 is 12.4 Å². The predicted molar refractivity (Wildman–Crippen MR) is 161 cm³/mol. The van der Waals surface area contributed by atoms with Crippen LogP contribution in [0.2, 0.25) is 10.0 Å². The van der Waals surface area contributed by atoms with Gasteiger partial charge in [-0.05, 0) is 73.5 Å². The van der Waals surface area contributed by atoms with E-state index in [0.717, 1.165) is 5.56 Å². The van der Waals surface area contributed by atoms with Crippen LogP contribution in [0.4, 0.5) is 28.0 Å². The van der Waals surface area contributed by atoms with Crippen molar-refractivity contribution in [3.8, 4) is 5.75 Å². The molecule has 0 aliphatic carbocycles. The molecule has 2 aliphatic rings. The Kier molecular flexibility index (Phi) is 10.6. The topological polar surface area (TPSA) is 57.7 Å². The van der Waals surface area contributed by atoms with E-state index < -0.39 is 23.8 Å². The van der Waals surface area contributed by atoms with Crippen LogP contribution in [0.3, 0.4) is 0 Å². The van der Waals surface area contributed by atoms with Crippen molar-refractivity contribution in [2.75, 3.05) is 31.1 Å². The second-order valence-electron chi connectivity index (χ2n) is 10.1. The molecule has 0 atom stereocenters. The molecular formula is C31H32Cl2F4N4O2. The smallest absolute Gasteiger partial charge is 0.405 e. The number of fused-ring (bicyclic) bond motifs is 2. The van der Waals surface area contributed by atoms with Gasteiger partial charge in [-0.2, -0.15) is 4.39 Å². The number of likely N-dealkylation sites (tertiary alicyclic amines) is 1. The number of hydrogen-bond donors (Lipinski definition) is 1. The summed E-state index contributed by atoms with van der Waals surface area (Å²) in [4.78, 5) is 20.4. The van der Waals surface area contributed by atoms with Gasteiger partial charge in [0.2, 0.25) is 5.95 Å². The Labute approximate surface area is 258 Å². The number of ether oxygens (including phenoxy) is 1. The van der Waals surface area contributed by atoms with E-state index in [1.54, 1.807) is 6.07 Å². The maximum Gasteiger partial charge on any atom is 0.573 e. The Morgan fingerprint density at radius 2 is 1.79 bits per heavy atom. The molecule has 1 fully saturated rings. The van der Waals surface area contributed by atoms with Crippen LogP contribution in [0.25, 0.3) is 6.08 Å². The van der Waals surface area contributed by atoms with Crippen LogP contribution in [-0.2, 0) is 12.0 Å². The number of pyridine rings is 1. The van der Waals surface area contributed by atoms with Gasteiger partial charge in [0.15, 0.2) is 0 Å². The molecule has 2 aliphatic heterocycles. The monoisotopic (exact) mass is 638 g/mol. The Hall–Kier alpha value is -3.34. The number of carbonyl (C=O) groups is 1. The lowest BCUT2D eigenvalue weighted by atomic mass is 9.74. The van der Waals surface area contributed by atoms with Gasteiger partial charge in [0, 0.05) is 41.8 Å². The summed E-state index contributed by atoms with van der Waals surface area (Å²) in [5.74, 6) is -1.05. The fraction of sp³-hybridized carbons (Fsp3) is 0.355. The molecule has 0 unspecified atom stereocenters. The standard InChI is InChI=1S/C29H26Cl2F4N4O2.C2H6/c30-21-5-3-19(4-6-21)2-1-13-38-14-10-28(11-15-38)18-39(27(40)37-17-20-9-12-36-24(32)16-20)26-22(31)7-8-23(25(26)28)41-29(33,34)35;1-2/h1-9,12,16H,10-11,13-15,17-18H2,(H,37,40);1-2H3/b2-1+;. The molecule has 1 aromatic heterocycles. The lowest BCUT2D eigenvalue weighted by Gasteiger charge is -2.40. The summed E-state index contributed by atoms with van der Waals surface area (Å²) < 4.78 is 58.2. The van der Waals surface area contributed by atoms with Gasteiger partial charge in [-0.3, -0.25) is 9.80 Å². The van der Waals surface area contributed by atoms with Gasteiger partial charge in [-0.15, -0.1) is 13.2 Å². The van der Waals surface area contributed by atoms with Crippen LogP contribution in [0.1, 0.15) is 43.4 Å². The van der Waals surface area contributed by atoms with Gasteiger partial charge in [0.25, 0.3) is 0 Å². The maximum absolute atomic E-state index is 13.5. The summed E-state index contributed by atoms with van der Waals surface area (Å²) in [6, 6.07) is 12.2. The minimum absolute atomic E-state index is 0.00119. The Morgan fingerprint density at radius 3 is 2.44 bits per heavy atom. The summed E-state index contributed by atoms with van der Waals surface area (Å²) in [5, 5.41) is 3.52. The number of aromatic nitrogens is 1. The van der Waals surface area contributed by atoms with Crippen LogP contribution < -0.4 is 15.0 Å². The van der Waals surface area contributed by atoms with E-state index in [1.165, 1.54) is 29.3 Å². The van der Waals surface area contributed by atoms with E-state index in [1.807, 2.05) is 50.3 Å². The first-order valence-corrected chi connectivity index (χ1v) is 14.7. The van der Waals surface area contributed by atoms with Crippen molar-refractivity contribution < 1.29 is 27.1 Å². The number of halogens is 6. The van der Waals surface area contributed by atoms with Crippen LogP contribution >= 0.6 is 23.2 Å². The van der Waals surface area contributed by atoms with Crippen molar-refractivity contribution in [2.45, 2.75) is 45.0 Å². The highest BCUT2D eigenvalue weighted by molar-refractivity contribution is 6.34. The Balaban J connectivity index is 0.00000207. The summed E-state index contributed by atoms with van der Waals surface area (Å²) in [6.07, 6.45) is 1.36. The first-order valence-electron chi connectivity index (χ1n) is 13.9. The summed E-state index contributed by atoms with van der Waals surface area (Å²) in [6.45, 7) is 5.97. The normalized spacial score (nSPS) is 16.1. The third-order valence-electron chi connectivity index (χ3n) is 7.41. The zero-order valence-corrected chi connectivity index (χ0v) is 25.2. The molecular weight excluding hydrogens is 607 g/mol. The van der Waals surface area contributed by atoms with Crippen molar-refractivity contribution in [2.24, 2.45) is 0 Å². The van der Waals surface area contributed by atoms with Gasteiger partial charge < -0.3 is 10.1 Å². The third-order valence-corrected chi connectivity index (χ3v) is 7.97. The molecule has 1 saturated heterocycles. The van der Waals surface area contributed by atoms with Crippen molar-refractivity contribution in [1.29, 1.82) is 0 Å². The fourth-order valence-corrected chi connectivity index (χ4v) is 5.86. The molecule has 43 heavy (non-hydrogen) atoms. The number of hydrogen-bond acceptors (Lipinski definition) is 4. The minimum Gasteiger partial charge on any atom is -0.405 e. The summed E-state index contributed by atoms with van der Waals surface area (Å²) >= 11 is 12.5. The van der Waals surface area contributed by atoms with E-state index in [-0.39, 0.29) is 35.1 Å². The number of nitrogens with one attached hydrogen (secondary N) is 1. The quantitative estimate of drug-likeness (QED) is 0.218. The van der Waals surface area contributed by atoms with Gasteiger partial charge in [-0.1, -0.05) is 61.3 Å². The highest BCUT2D eigenvalue weighted by atomic mass is 35.5. The number of carbonyl (C=O) groups excluding carboxylic acids is 1. The van der Waals surface area contributed by atoms with Gasteiger partial charge in [-0.25, -0.2) is 9.78 Å². The van der Waals surface area contributed by atoms with E-state index >= 15 is 0 Å². The van der Waals surface area contributed by atoms with E-state index in [9.17, 15) is 22.4 Å². The second-order valence-corrected chi connectivity index (χ2v) is 10.9. The van der Waals surface area contributed by atoms with Crippen molar-refractivity contribution in [3.63, 3.8) is 0 Å². The van der Waals surface area contributed by atoms with Crippen molar-refractivity contribution in [3.05, 3.63) is 93.5 Å². The van der Waals surface area contributed by atoms with Crippen LogP contribution in [0.5, 0.6) is 5.75 Å². The number of amides is 2. The molecule has 0 saturated carbocycles. The molecule has 2 amide bonds. The first kappa shape index (κ1) is 32.6. The SMILES string of the molecule is CC.O=C(NCc1ccnc(F)c1)N1CC2(CCN(C/C=C/c3ccc(Cl)cc3)CC2)c2c(OC(F)(F)F)ccc(Cl)c21. The van der Waals surface area contributed by atoms with Gasteiger partial charge in [0.05, 0.1) is 10.7 Å². The average Bonchev–Trinajstić information content (AvgIpc) is 3.31. The molecule has 3 heterocycles. The fourth-order valence-electron chi connectivity index (χ4n) is 5.48. The van der Waals surface area contributed by atoms with Crippen LogP contribution in [0.15, 0.2) is 60.8 Å². The number of nitrogens with zero attached hydrogens (tertiary/aromatic N) is 3. The highest BCUT2D eigenvalue weighted by Crippen LogP contribution is 2.54. The zero-order valence-electron chi connectivity index (χ0n) is 23.7. The Morgan fingerprint density at radius 1 is 1.09 bits per heavy atom. The molecule has 2 aromatic carbocycles. The molecule has 230 valence electrons. The number of benzene rings is 2. The highest BCUT2D eigenvalue weighted by Gasteiger charge is 2.50. The number of rotatable bonds is 6. The molecule has 0 radical (unpaired) electrons. The van der Waals surface area contributed by atoms with E-state index in [4.69, 9.17) is 23.2 Å². The summed E-state index contributed by atoms with van der Waals surface area (Å²) in [7, 11) is 0. The first-order chi connectivity index (χ1) is 20.5. The lowest BCUT2D eigenvalue weighted by molar-refractivity contribution is -0.275. The molecule has 1 N–H and O–H groups in total. The minimum atomic E-state index is -4.92.